The molecule has 6 heteroatoms. The van der Waals surface area contributed by atoms with E-state index in [4.69, 9.17) is 0 Å². The van der Waals surface area contributed by atoms with Crippen LogP contribution in [0.4, 0.5) is 0 Å². The van der Waals surface area contributed by atoms with Gasteiger partial charge in [-0.25, -0.2) is 0 Å². The van der Waals surface area contributed by atoms with Crippen LogP contribution in [0.5, 0.6) is 0 Å². The molecule has 0 fully saturated rings. The van der Waals surface area contributed by atoms with Crippen LogP contribution in [0.1, 0.15) is 31.7 Å². The van der Waals surface area contributed by atoms with Gasteiger partial charge < -0.3 is 10.1 Å². The zero-order chi connectivity index (χ0) is 15.1. The summed E-state index contributed by atoms with van der Waals surface area (Å²) in [6.07, 6.45) is 0. The van der Waals surface area contributed by atoms with Crippen LogP contribution in [0.3, 0.4) is 0 Å². The molecule has 0 aromatic carbocycles. The molecule has 0 aliphatic heterocycles. The van der Waals surface area contributed by atoms with Crippen molar-refractivity contribution in [2.75, 3.05) is 20.2 Å². The molecule has 0 aliphatic carbocycles. The van der Waals surface area contributed by atoms with Gasteiger partial charge in [-0.1, -0.05) is 6.07 Å². The number of rotatable bonds is 7. The molecule has 1 N–H and O–H groups in total. The number of amides is 1. The lowest BCUT2D eigenvalue weighted by atomic mass is 10.2. The first-order chi connectivity index (χ1) is 9.43. The number of hydrogen-bond acceptors (Lipinski definition) is 5. The second kappa shape index (κ2) is 8.01. The van der Waals surface area contributed by atoms with Crippen LogP contribution in [0.25, 0.3) is 0 Å². The third kappa shape index (κ3) is 5.30. The summed E-state index contributed by atoms with van der Waals surface area (Å²) >= 11 is 1.61. The maximum absolute atomic E-state index is 12.0. The fourth-order valence-electron chi connectivity index (χ4n) is 1.73. The zero-order valence-electron chi connectivity index (χ0n) is 12.4. The fourth-order valence-corrected chi connectivity index (χ4v) is 2.47. The van der Waals surface area contributed by atoms with Gasteiger partial charge in [-0.3, -0.25) is 14.5 Å². The first kappa shape index (κ1) is 16.7. The molecule has 20 heavy (non-hydrogen) atoms. The number of esters is 1. The lowest BCUT2D eigenvalue weighted by Gasteiger charge is -2.25. The van der Waals surface area contributed by atoms with E-state index in [0.29, 0.717) is 0 Å². The van der Waals surface area contributed by atoms with Crippen LogP contribution >= 0.6 is 11.3 Å². The Bertz CT molecular complexity index is 432. The predicted octanol–water partition coefficient (Wildman–Crippen LogP) is 1.81. The quantitative estimate of drug-likeness (QED) is 0.780. The molecule has 5 nitrogen and oxygen atoms in total. The highest BCUT2D eigenvalue weighted by Crippen LogP contribution is 2.17. The highest BCUT2D eigenvalue weighted by molar-refractivity contribution is 7.10. The monoisotopic (exact) mass is 298 g/mol. The highest BCUT2D eigenvalue weighted by atomic mass is 32.1. The van der Waals surface area contributed by atoms with Gasteiger partial charge in [0.2, 0.25) is 5.91 Å². The van der Waals surface area contributed by atoms with Crippen molar-refractivity contribution in [3.05, 3.63) is 22.4 Å². The molecular formula is C14H22N2O3S. The number of hydrogen-bond donors (Lipinski definition) is 1. The average molecular weight is 298 g/mol. The summed E-state index contributed by atoms with van der Waals surface area (Å²) in [6, 6.07) is 4.02. The number of thiophene rings is 1. The van der Waals surface area contributed by atoms with E-state index < -0.39 is 0 Å². The maximum atomic E-state index is 12.0. The van der Waals surface area contributed by atoms with Crippen molar-refractivity contribution in [1.29, 1.82) is 0 Å². The van der Waals surface area contributed by atoms with Gasteiger partial charge in [0.1, 0.15) is 0 Å². The Kier molecular flexibility index (Phi) is 6.67. The van der Waals surface area contributed by atoms with Gasteiger partial charge in [-0.15, -0.1) is 11.3 Å². The summed E-state index contributed by atoms with van der Waals surface area (Å²) < 4.78 is 4.64. The van der Waals surface area contributed by atoms with Crippen molar-refractivity contribution in [3.8, 4) is 0 Å². The van der Waals surface area contributed by atoms with E-state index in [9.17, 15) is 9.59 Å². The summed E-state index contributed by atoms with van der Waals surface area (Å²) in [5.74, 6) is -0.429. The Hall–Kier alpha value is -1.40. The minimum atomic E-state index is -0.335. The van der Waals surface area contributed by atoms with E-state index in [-0.39, 0.29) is 37.0 Å². The smallest absolute Gasteiger partial charge is 0.319 e. The van der Waals surface area contributed by atoms with E-state index in [0.717, 1.165) is 4.88 Å². The van der Waals surface area contributed by atoms with Crippen molar-refractivity contribution >= 4 is 23.2 Å². The minimum Gasteiger partial charge on any atom is -0.468 e. The van der Waals surface area contributed by atoms with E-state index in [1.165, 1.54) is 7.11 Å². The molecule has 0 bridgehead atoms. The van der Waals surface area contributed by atoms with E-state index in [1.807, 2.05) is 38.3 Å². The third-order valence-electron chi connectivity index (χ3n) is 2.98. The van der Waals surface area contributed by atoms with Crippen LogP contribution in [0, 0.1) is 0 Å². The van der Waals surface area contributed by atoms with Gasteiger partial charge in [0.05, 0.1) is 26.2 Å². The standard InChI is InChI=1S/C14H22N2O3S/c1-10(2)16(9-14(18)19-4)8-13(17)15-11(3)12-6-5-7-20-12/h5-7,10-11H,8-9H2,1-4H3,(H,15,17). The van der Waals surface area contributed by atoms with Gasteiger partial charge in [0.15, 0.2) is 0 Å². The van der Waals surface area contributed by atoms with Crippen molar-refractivity contribution in [2.45, 2.75) is 32.9 Å². The first-order valence-electron chi connectivity index (χ1n) is 6.57. The number of ether oxygens (including phenoxy) is 1. The largest absolute Gasteiger partial charge is 0.468 e. The normalized spacial score (nSPS) is 12.5. The molecule has 0 aliphatic rings. The van der Waals surface area contributed by atoms with Crippen molar-refractivity contribution in [1.82, 2.24) is 10.2 Å². The third-order valence-corrected chi connectivity index (χ3v) is 4.04. The number of carbonyl (C=O) groups is 2. The molecular weight excluding hydrogens is 276 g/mol. The highest BCUT2D eigenvalue weighted by Gasteiger charge is 2.19. The predicted molar refractivity (Wildman–Crippen MR) is 79.6 cm³/mol. The first-order valence-corrected chi connectivity index (χ1v) is 7.45. The van der Waals surface area contributed by atoms with E-state index in [1.54, 1.807) is 16.2 Å². The van der Waals surface area contributed by atoms with Crippen molar-refractivity contribution < 1.29 is 14.3 Å². The summed E-state index contributed by atoms with van der Waals surface area (Å²) in [4.78, 5) is 26.2. The second-order valence-corrected chi connectivity index (χ2v) is 5.86. The molecule has 0 saturated carbocycles. The number of carbonyl (C=O) groups excluding carboxylic acids is 2. The Labute approximate surface area is 123 Å². The lowest BCUT2D eigenvalue weighted by Crippen LogP contribution is -2.44. The molecule has 0 saturated heterocycles. The average Bonchev–Trinajstić information content (AvgIpc) is 2.91. The summed E-state index contributed by atoms with van der Waals surface area (Å²) in [5, 5.41) is 4.92. The van der Waals surface area contributed by atoms with Crippen LogP contribution in [0.15, 0.2) is 17.5 Å². The summed E-state index contributed by atoms with van der Waals surface area (Å²) in [6.45, 7) is 6.14. The molecule has 1 atom stereocenters. The molecule has 0 radical (unpaired) electrons. The zero-order valence-corrected chi connectivity index (χ0v) is 13.2. The molecule has 1 aromatic heterocycles. The topological polar surface area (TPSA) is 58.6 Å². The Morgan fingerprint density at radius 1 is 1.35 bits per heavy atom. The lowest BCUT2D eigenvalue weighted by molar-refractivity contribution is -0.142. The van der Waals surface area contributed by atoms with Crippen LogP contribution < -0.4 is 5.32 Å². The SMILES string of the molecule is COC(=O)CN(CC(=O)NC(C)c1cccs1)C(C)C. The van der Waals surface area contributed by atoms with Gasteiger partial charge >= 0.3 is 5.97 Å². The fraction of sp³-hybridized carbons (Fsp3) is 0.571. The van der Waals surface area contributed by atoms with Gasteiger partial charge in [0, 0.05) is 10.9 Å². The molecule has 1 amide bonds. The second-order valence-electron chi connectivity index (χ2n) is 4.88. The van der Waals surface area contributed by atoms with Gasteiger partial charge in [-0.05, 0) is 32.2 Å². The summed E-state index contributed by atoms with van der Waals surface area (Å²) in [7, 11) is 1.35. The van der Waals surface area contributed by atoms with Crippen LogP contribution in [0.2, 0.25) is 0 Å². The Balaban J connectivity index is 2.51. The van der Waals surface area contributed by atoms with Crippen LogP contribution in [-0.4, -0.2) is 43.0 Å². The Morgan fingerprint density at radius 2 is 2.05 bits per heavy atom. The Morgan fingerprint density at radius 3 is 2.55 bits per heavy atom. The van der Waals surface area contributed by atoms with Gasteiger partial charge in [0.25, 0.3) is 0 Å². The molecule has 0 spiro atoms. The summed E-state index contributed by atoms with van der Waals surface area (Å²) in [5.41, 5.74) is 0. The molecule has 112 valence electrons. The van der Waals surface area contributed by atoms with E-state index >= 15 is 0 Å². The molecule has 1 rings (SSSR count). The van der Waals surface area contributed by atoms with Gasteiger partial charge in [-0.2, -0.15) is 0 Å². The van der Waals surface area contributed by atoms with Crippen LogP contribution in [-0.2, 0) is 14.3 Å². The molecule has 1 unspecified atom stereocenters. The molecule has 1 heterocycles. The number of methoxy groups -OCH3 is 1. The number of nitrogens with one attached hydrogen (secondary N) is 1. The number of nitrogens with zero attached hydrogens (tertiary/aromatic N) is 1. The van der Waals surface area contributed by atoms with Crippen molar-refractivity contribution in [2.24, 2.45) is 0 Å². The maximum Gasteiger partial charge on any atom is 0.319 e. The van der Waals surface area contributed by atoms with Crippen molar-refractivity contribution in [3.63, 3.8) is 0 Å². The van der Waals surface area contributed by atoms with E-state index in [2.05, 4.69) is 10.1 Å². The molecule has 1 aromatic rings. The minimum absolute atomic E-state index is 0.0189.